The van der Waals surface area contributed by atoms with Gasteiger partial charge in [-0.25, -0.2) is 19.2 Å². The zero-order chi connectivity index (χ0) is 15.4. The molecule has 0 amide bonds. The van der Waals surface area contributed by atoms with Crippen LogP contribution in [0.15, 0.2) is 23.3 Å². The quantitative estimate of drug-likeness (QED) is 0.211. The summed E-state index contributed by atoms with van der Waals surface area (Å²) in [7, 11) is 0. The Hall–Kier alpha value is -2.80. The van der Waals surface area contributed by atoms with Gasteiger partial charge in [-0.3, -0.25) is 0 Å². The van der Waals surface area contributed by atoms with Crippen LogP contribution in [-0.2, 0) is 33.4 Å². The molecule has 1 unspecified atom stereocenters. The highest BCUT2D eigenvalue weighted by Crippen LogP contribution is 2.10. The maximum absolute atomic E-state index is 11.7. The molecule has 0 aliphatic carbocycles. The summed E-state index contributed by atoms with van der Waals surface area (Å²) in [5.74, 6) is 0.556. The molecule has 0 saturated carbocycles. The summed E-state index contributed by atoms with van der Waals surface area (Å²) in [5.41, 5.74) is 3.27. The number of ether oxygens (including phenoxy) is 3. The highest BCUT2D eigenvalue weighted by atomic mass is 16.6. The van der Waals surface area contributed by atoms with Crippen LogP contribution in [0.1, 0.15) is 13.8 Å². The molecule has 0 N–H and O–H groups in total. The maximum Gasteiger partial charge on any atom is 0.353 e. The summed E-state index contributed by atoms with van der Waals surface area (Å²) in [6.45, 7) is 3.12. The van der Waals surface area contributed by atoms with Crippen molar-refractivity contribution in [2.24, 2.45) is 0 Å². The van der Waals surface area contributed by atoms with Gasteiger partial charge in [-0.05, 0) is 19.6 Å². The molecule has 106 valence electrons. The van der Waals surface area contributed by atoms with E-state index < -0.39 is 23.6 Å². The van der Waals surface area contributed by atoms with Crippen LogP contribution in [0.3, 0.4) is 0 Å². The number of carbonyl (C=O) groups excluding carboxylic acids is 4. The van der Waals surface area contributed by atoms with E-state index >= 15 is 0 Å². The molecule has 20 heavy (non-hydrogen) atoms. The molecule has 0 spiro atoms. The van der Waals surface area contributed by atoms with Crippen molar-refractivity contribution in [3.63, 3.8) is 0 Å². The number of carbonyl (C=O) groups is 2. The van der Waals surface area contributed by atoms with E-state index in [2.05, 4.69) is 9.47 Å². The number of hydrogen-bond donors (Lipinski definition) is 0. The second-order valence-corrected chi connectivity index (χ2v) is 2.99. The van der Waals surface area contributed by atoms with Crippen molar-refractivity contribution >= 4 is 23.8 Å². The van der Waals surface area contributed by atoms with E-state index in [0.29, 0.717) is 6.26 Å². The summed E-state index contributed by atoms with van der Waals surface area (Å²) in [6.07, 6.45) is -0.906. The van der Waals surface area contributed by atoms with E-state index in [4.69, 9.17) is 4.74 Å². The predicted octanol–water partition coefficient (Wildman–Crippen LogP) is -0.0887. The molecule has 1 atom stereocenters. The van der Waals surface area contributed by atoms with Gasteiger partial charge in [0.25, 0.3) is 0 Å². The Kier molecular flexibility index (Phi) is 8.73. The van der Waals surface area contributed by atoms with Crippen molar-refractivity contribution in [3.05, 3.63) is 23.3 Å². The van der Waals surface area contributed by atoms with Gasteiger partial charge in [-0.15, -0.1) is 0 Å². The lowest BCUT2D eigenvalue weighted by molar-refractivity contribution is -0.154. The zero-order valence-corrected chi connectivity index (χ0v) is 10.9. The molecule has 0 aromatic heterocycles. The van der Waals surface area contributed by atoms with Crippen LogP contribution in [0.5, 0.6) is 0 Å². The first-order valence-corrected chi connectivity index (χ1v) is 5.55. The van der Waals surface area contributed by atoms with Crippen molar-refractivity contribution in [1.29, 1.82) is 0 Å². The minimum atomic E-state index is -1.61. The largest absolute Gasteiger partial charge is 0.472 e. The lowest BCUT2D eigenvalue weighted by Gasteiger charge is -2.14. The maximum atomic E-state index is 11.7. The standard InChI is InChI=1S/C13H12O7/c1-3-18-12(16)10(6-8-15)11(13(17)19-4-2)20-9-5-7-14/h9,11H,3-4H2,1-2H3. The lowest BCUT2D eigenvalue weighted by Crippen LogP contribution is -2.31. The fraction of sp³-hybridized carbons (Fsp3) is 0.385. The molecular formula is C13H12O7. The minimum absolute atomic E-state index is 0.0164. The Morgan fingerprint density at radius 1 is 1.10 bits per heavy atom. The Balaban J connectivity index is 5.53. The molecule has 7 nitrogen and oxygen atoms in total. The van der Waals surface area contributed by atoms with Gasteiger partial charge in [-0.2, -0.15) is 0 Å². The average molecular weight is 280 g/mol. The normalized spacial score (nSPS) is 9.70. The Bertz CT molecular complexity index is 523. The molecular weight excluding hydrogens is 268 g/mol. The molecule has 0 aromatic rings. The summed E-state index contributed by atoms with van der Waals surface area (Å²) < 4.78 is 14.2. The zero-order valence-electron chi connectivity index (χ0n) is 10.9. The van der Waals surface area contributed by atoms with Crippen LogP contribution in [0.4, 0.5) is 0 Å². The van der Waals surface area contributed by atoms with Gasteiger partial charge in [0.1, 0.15) is 11.8 Å². The Morgan fingerprint density at radius 2 is 1.75 bits per heavy atom. The molecule has 0 fully saturated rings. The summed E-state index contributed by atoms with van der Waals surface area (Å²) in [5, 5.41) is 0. The van der Waals surface area contributed by atoms with Crippen molar-refractivity contribution in [3.8, 4) is 0 Å². The molecule has 0 rings (SSSR count). The SMILES string of the molecule is CCOC(=O)C(=C=C=O)C(OC=C=C=O)C(=O)OCC. The summed E-state index contributed by atoms with van der Waals surface area (Å²) in [4.78, 5) is 43.6. The molecule has 0 bridgehead atoms. The monoisotopic (exact) mass is 280 g/mol. The molecule has 0 aliphatic rings. The third-order valence-corrected chi connectivity index (χ3v) is 1.77. The lowest BCUT2D eigenvalue weighted by atomic mass is 10.1. The fourth-order valence-electron chi connectivity index (χ4n) is 1.07. The average Bonchev–Trinajstić information content (AvgIpc) is 2.42. The summed E-state index contributed by atoms with van der Waals surface area (Å²) in [6, 6.07) is 0. The van der Waals surface area contributed by atoms with Crippen molar-refractivity contribution < 1.29 is 33.4 Å². The third-order valence-electron chi connectivity index (χ3n) is 1.77. The van der Waals surface area contributed by atoms with Crippen molar-refractivity contribution in [2.45, 2.75) is 20.0 Å². The molecule has 0 radical (unpaired) electrons. The second kappa shape index (κ2) is 10.2. The first-order chi connectivity index (χ1) is 9.62. The van der Waals surface area contributed by atoms with Crippen LogP contribution in [0.2, 0.25) is 0 Å². The van der Waals surface area contributed by atoms with Gasteiger partial charge in [-0.1, -0.05) is 0 Å². The van der Waals surface area contributed by atoms with Gasteiger partial charge >= 0.3 is 11.9 Å². The smallest absolute Gasteiger partial charge is 0.353 e. The number of hydrogen-bond acceptors (Lipinski definition) is 7. The highest BCUT2D eigenvalue weighted by Gasteiger charge is 2.31. The first-order valence-electron chi connectivity index (χ1n) is 5.55. The minimum Gasteiger partial charge on any atom is -0.472 e. The van der Waals surface area contributed by atoms with Crippen molar-refractivity contribution in [1.82, 2.24) is 0 Å². The van der Waals surface area contributed by atoms with E-state index in [0.717, 1.165) is 0 Å². The van der Waals surface area contributed by atoms with Crippen LogP contribution in [0, 0.1) is 0 Å². The van der Waals surface area contributed by atoms with E-state index in [1.54, 1.807) is 6.92 Å². The van der Waals surface area contributed by atoms with Gasteiger partial charge in [0.15, 0.2) is 11.9 Å². The van der Waals surface area contributed by atoms with E-state index in [1.165, 1.54) is 18.8 Å². The summed E-state index contributed by atoms with van der Waals surface area (Å²) >= 11 is 0. The first kappa shape index (κ1) is 17.2. The number of esters is 2. The van der Waals surface area contributed by atoms with Gasteiger partial charge in [0, 0.05) is 5.73 Å². The Morgan fingerprint density at radius 3 is 2.25 bits per heavy atom. The molecule has 0 heterocycles. The van der Waals surface area contributed by atoms with Crippen molar-refractivity contribution in [2.75, 3.05) is 13.2 Å². The molecule has 7 heteroatoms. The van der Waals surface area contributed by atoms with E-state index in [1.807, 2.05) is 11.5 Å². The van der Waals surface area contributed by atoms with Gasteiger partial charge in [0.2, 0.25) is 6.10 Å². The second-order valence-electron chi connectivity index (χ2n) is 2.99. The fourth-order valence-corrected chi connectivity index (χ4v) is 1.07. The van der Waals surface area contributed by atoms with Crippen LogP contribution in [0.25, 0.3) is 0 Å². The van der Waals surface area contributed by atoms with Crippen LogP contribution < -0.4 is 0 Å². The van der Waals surface area contributed by atoms with Gasteiger partial charge in [0.05, 0.1) is 13.2 Å². The van der Waals surface area contributed by atoms with E-state index in [9.17, 15) is 19.2 Å². The van der Waals surface area contributed by atoms with E-state index in [-0.39, 0.29) is 13.2 Å². The molecule has 0 aliphatic heterocycles. The van der Waals surface area contributed by atoms with Crippen LogP contribution in [-0.4, -0.2) is 43.1 Å². The van der Waals surface area contributed by atoms with Gasteiger partial charge < -0.3 is 14.2 Å². The predicted molar refractivity (Wildman–Crippen MR) is 64.6 cm³/mol. The van der Waals surface area contributed by atoms with Crippen LogP contribution >= 0.6 is 0 Å². The Labute approximate surface area is 114 Å². The number of rotatable bonds is 7. The molecule has 0 aromatic carbocycles. The topological polar surface area (TPSA) is 96.0 Å². The third kappa shape index (κ3) is 5.69. The molecule has 0 saturated heterocycles. The highest BCUT2D eigenvalue weighted by molar-refractivity contribution is 5.97.